The zero-order valence-electron chi connectivity index (χ0n) is 20.3. The van der Waals surface area contributed by atoms with Gasteiger partial charge >= 0.3 is 6.03 Å². The van der Waals surface area contributed by atoms with Crippen LogP contribution in [0.25, 0.3) is 10.8 Å². The molecular formula is C29H28N4O4. The van der Waals surface area contributed by atoms with E-state index in [1.807, 2.05) is 47.4 Å². The summed E-state index contributed by atoms with van der Waals surface area (Å²) in [6, 6.07) is 23.8. The molecule has 8 nitrogen and oxygen atoms in total. The van der Waals surface area contributed by atoms with E-state index >= 15 is 0 Å². The Hall–Kier alpha value is -4.59. The molecule has 4 aromatic rings. The topological polar surface area (TPSA) is 104 Å². The van der Waals surface area contributed by atoms with Gasteiger partial charge in [-0.15, -0.1) is 0 Å². The Morgan fingerprint density at radius 1 is 0.811 bits per heavy atom. The Morgan fingerprint density at radius 2 is 1.51 bits per heavy atom. The third kappa shape index (κ3) is 5.81. The van der Waals surface area contributed by atoms with Gasteiger partial charge in [-0.25, -0.2) is 4.79 Å². The van der Waals surface area contributed by atoms with E-state index in [1.165, 1.54) is 0 Å². The maximum Gasteiger partial charge on any atom is 0.319 e. The van der Waals surface area contributed by atoms with Crippen LogP contribution in [0.3, 0.4) is 0 Å². The molecule has 2 heterocycles. The molecule has 3 aromatic carbocycles. The molecule has 8 heteroatoms. The van der Waals surface area contributed by atoms with Gasteiger partial charge in [-0.2, -0.15) is 0 Å². The normalized spacial score (nSPS) is 13.8. The van der Waals surface area contributed by atoms with Gasteiger partial charge in [0, 0.05) is 35.9 Å². The highest BCUT2D eigenvalue weighted by atomic mass is 16.3. The number of benzene rings is 3. The van der Waals surface area contributed by atoms with Crippen molar-refractivity contribution >= 4 is 40.0 Å². The van der Waals surface area contributed by atoms with Crippen molar-refractivity contribution in [3.63, 3.8) is 0 Å². The summed E-state index contributed by atoms with van der Waals surface area (Å²) in [6.07, 6.45) is 2.77. The number of nitrogens with zero attached hydrogens (tertiary/aromatic N) is 1. The molecule has 1 aliphatic heterocycles. The molecule has 0 aliphatic carbocycles. The number of rotatable bonds is 6. The van der Waals surface area contributed by atoms with Gasteiger partial charge in [0.1, 0.15) is 5.76 Å². The third-order valence-corrected chi connectivity index (χ3v) is 6.59. The largest absolute Gasteiger partial charge is 0.467 e. The van der Waals surface area contributed by atoms with Gasteiger partial charge in [0.15, 0.2) is 0 Å². The number of urea groups is 1. The summed E-state index contributed by atoms with van der Waals surface area (Å²) in [6.45, 7) is 1.37. The van der Waals surface area contributed by atoms with E-state index in [9.17, 15) is 14.4 Å². The standard InChI is InChI=1S/C29H28N4O4/c34-27(31-22-10-12-23(13-11-22)32-29(36)30-19-24-7-4-18-37-24)21-14-16-33(17-15-21)28(35)26-9-3-6-20-5-1-2-8-25(20)26/h1-13,18,21H,14-17,19H2,(H,31,34)(H2,30,32,36). The number of hydrogen-bond donors (Lipinski definition) is 3. The number of furan rings is 1. The van der Waals surface area contributed by atoms with Crippen molar-refractivity contribution in [3.05, 3.63) is 96.4 Å². The number of amides is 4. The fraction of sp³-hybridized carbons (Fsp3) is 0.207. The van der Waals surface area contributed by atoms with Crippen LogP contribution >= 0.6 is 0 Å². The van der Waals surface area contributed by atoms with Gasteiger partial charge in [-0.3, -0.25) is 9.59 Å². The van der Waals surface area contributed by atoms with E-state index in [2.05, 4.69) is 16.0 Å². The van der Waals surface area contributed by atoms with Crippen molar-refractivity contribution in [2.24, 2.45) is 5.92 Å². The van der Waals surface area contributed by atoms with E-state index in [0.717, 1.165) is 10.8 Å². The van der Waals surface area contributed by atoms with Gasteiger partial charge < -0.3 is 25.3 Å². The van der Waals surface area contributed by atoms with Gasteiger partial charge in [-0.1, -0.05) is 36.4 Å². The summed E-state index contributed by atoms with van der Waals surface area (Å²) in [5, 5.41) is 10.4. The molecule has 37 heavy (non-hydrogen) atoms. The molecule has 0 bridgehead atoms. The summed E-state index contributed by atoms with van der Waals surface area (Å²) in [5.41, 5.74) is 1.96. The summed E-state index contributed by atoms with van der Waals surface area (Å²) in [7, 11) is 0. The van der Waals surface area contributed by atoms with E-state index < -0.39 is 0 Å². The van der Waals surface area contributed by atoms with E-state index in [0.29, 0.717) is 55.2 Å². The molecule has 0 unspecified atom stereocenters. The molecule has 1 fully saturated rings. The number of piperidine rings is 1. The zero-order valence-corrected chi connectivity index (χ0v) is 20.3. The predicted molar refractivity (Wildman–Crippen MR) is 142 cm³/mol. The Bertz CT molecular complexity index is 1390. The number of likely N-dealkylation sites (tertiary alicyclic amines) is 1. The second-order valence-electron chi connectivity index (χ2n) is 9.05. The molecule has 188 valence electrons. The molecule has 0 saturated carbocycles. The molecule has 5 rings (SSSR count). The van der Waals surface area contributed by atoms with Crippen molar-refractivity contribution in [2.45, 2.75) is 19.4 Å². The van der Waals surface area contributed by atoms with E-state index in [-0.39, 0.29) is 23.8 Å². The van der Waals surface area contributed by atoms with Crippen LogP contribution in [0.2, 0.25) is 0 Å². The number of hydrogen-bond acceptors (Lipinski definition) is 4. The first kappa shape index (κ1) is 24.1. The maximum atomic E-state index is 13.2. The van der Waals surface area contributed by atoms with Crippen LogP contribution in [0.5, 0.6) is 0 Å². The second kappa shape index (κ2) is 11.0. The minimum absolute atomic E-state index is 0.00643. The van der Waals surface area contributed by atoms with Crippen molar-refractivity contribution in [1.29, 1.82) is 0 Å². The minimum Gasteiger partial charge on any atom is -0.467 e. The number of fused-ring (bicyclic) bond motifs is 1. The summed E-state index contributed by atoms with van der Waals surface area (Å²) >= 11 is 0. The van der Waals surface area contributed by atoms with Crippen LogP contribution in [-0.2, 0) is 11.3 Å². The molecule has 1 aliphatic rings. The number of anilines is 2. The zero-order chi connectivity index (χ0) is 25.6. The van der Waals surface area contributed by atoms with Crippen LogP contribution in [0.4, 0.5) is 16.2 Å². The fourth-order valence-corrected chi connectivity index (χ4v) is 4.56. The minimum atomic E-state index is -0.349. The van der Waals surface area contributed by atoms with Gasteiger partial charge in [0.05, 0.1) is 12.8 Å². The smallest absolute Gasteiger partial charge is 0.319 e. The molecule has 0 spiro atoms. The highest BCUT2D eigenvalue weighted by Gasteiger charge is 2.28. The maximum absolute atomic E-state index is 13.2. The van der Waals surface area contributed by atoms with Gasteiger partial charge in [0.2, 0.25) is 5.91 Å². The van der Waals surface area contributed by atoms with Crippen molar-refractivity contribution in [1.82, 2.24) is 10.2 Å². The average molecular weight is 497 g/mol. The Balaban J connectivity index is 1.10. The van der Waals surface area contributed by atoms with Crippen LogP contribution in [0.1, 0.15) is 29.0 Å². The number of carbonyl (C=O) groups is 3. The Labute approximate surface area is 214 Å². The first-order valence-corrected chi connectivity index (χ1v) is 12.3. The monoisotopic (exact) mass is 496 g/mol. The van der Waals surface area contributed by atoms with Gasteiger partial charge in [0.25, 0.3) is 5.91 Å². The molecule has 4 amide bonds. The van der Waals surface area contributed by atoms with E-state index in [1.54, 1.807) is 42.7 Å². The molecule has 3 N–H and O–H groups in total. The van der Waals surface area contributed by atoms with Crippen LogP contribution in [0.15, 0.2) is 89.5 Å². The lowest BCUT2D eigenvalue weighted by Crippen LogP contribution is -2.41. The average Bonchev–Trinajstić information content (AvgIpc) is 3.46. The summed E-state index contributed by atoms with van der Waals surface area (Å²) in [5.74, 6) is 0.444. The molecule has 0 atom stereocenters. The van der Waals surface area contributed by atoms with Crippen LogP contribution < -0.4 is 16.0 Å². The van der Waals surface area contributed by atoms with Gasteiger partial charge in [-0.05, 0) is 66.1 Å². The first-order chi connectivity index (χ1) is 18.1. The summed E-state index contributed by atoms with van der Waals surface area (Å²) in [4.78, 5) is 39.9. The molecule has 1 aromatic heterocycles. The lowest BCUT2D eigenvalue weighted by molar-refractivity contribution is -0.121. The lowest BCUT2D eigenvalue weighted by Gasteiger charge is -2.31. The SMILES string of the molecule is O=C(NCc1ccco1)Nc1ccc(NC(=O)C2CCN(C(=O)c3cccc4ccccc34)CC2)cc1. The highest BCUT2D eigenvalue weighted by Crippen LogP contribution is 2.25. The number of nitrogens with one attached hydrogen (secondary N) is 3. The molecular weight excluding hydrogens is 468 g/mol. The van der Waals surface area contributed by atoms with Crippen molar-refractivity contribution in [3.8, 4) is 0 Å². The Morgan fingerprint density at radius 3 is 2.24 bits per heavy atom. The quantitative estimate of drug-likeness (QED) is 0.339. The van der Waals surface area contributed by atoms with Crippen molar-refractivity contribution in [2.75, 3.05) is 23.7 Å². The first-order valence-electron chi connectivity index (χ1n) is 12.3. The van der Waals surface area contributed by atoms with Crippen LogP contribution in [-0.4, -0.2) is 35.8 Å². The lowest BCUT2D eigenvalue weighted by atomic mass is 9.94. The molecule has 0 radical (unpaired) electrons. The van der Waals surface area contributed by atoms with Crippen LogP contribution in [0, 0.1) is 5.92 Å². The predicted octanol–water partition coefficient (Wildman–Crippen LogP) is 5.25. The number of carbonyl (C=O) groups excluding carboxylic acids is 3. The molecule has 1 saturated heterocycles. The Kier molecular flexibility index (Phi) is 7.16. The van der Waals surface area contributed by atoms with E-state index in [4.69, 9.17) is 4.42 Å². The highest BCUT2D eigenvalue weighted by molar-refractivity contribution is 6.07. The summed E-state index contributed by atoms with van der Waals surface area (Å²) < 4.78 is 5.19. The fourth-order valence-electron chi connectivity index (χ4n) is 4.56. The van der Waals surface area contributed by atoms with Crippen molar-refractivity contribution < 1.29 is 18.8 Å². The second-order valence-corrected chi connectivity index (χ2v) is 9.05. The third-order valence-electron chi connectivity index (χ3n) is 6.59.